The van der Waals surface area contributed by atoms with E-state index < -0.39 is 11.7 Å². The van der Waals surface area contributed by atoms with Crippen LogP contribution in [-0.2, 0) is 12.6 Å². The Balaban J connectivity index is 1.60. The highest BCUT2D eigenvalue weighted by atomic mass is 32.1. The fourth-order valence-electron chi connectivity index (χ4n) is 3.51. The number of thiazole rings is 1. The molecule has 0 N–H and O–H groups in total. The van der Waals surface area contributed by atoms with Crippen molar-refractivity contribution in [2.24, 2.45) is 5.92 Å². The molecule has 166 valence electrons. The molecule has 1 atom stereocenters. The molecule has 0 spiro atoms. The van der Waals surface area contributed by atoms with Crippen molar-refractivity contribution >= 4 is 22.4 Å². The van der Waals surface area contributed by atoms with E-state index >= 15 is 0 Å². The maximum absolute atomic E-state index is 12.7. The van der Waals surface area contributed by atoms with Crippen LogP contribution in [0.2, 0.25) is 0 Å². The number of benzene rings is 2. The molecule has 2 heterocycles. The average molecular weight is 458 g/mol. The van der Waals surface area contributed by atoms with Gasteiger partial charge >= 0.3 is 6.18 Å². The predicted molar refractivity (Wildman–Crippen MR) is 120 cm³/mol. The van der Waals surface area contributed by atoms with Crippen LogP contribution in [-0.4, -0.2) is 14.6 Å². The van der Waals surface area contributed by atoms with Gasteiger partial charge in [-0.05, 0) is 47.2 Å². The smallest absolute Gasteiger partial charge is 0.266 e. The first-order chi connectivity index (χ1) is 15.1. The zero-order chi connectivity index (χ0) is 23.0. The second-order valence-corrected chi connectivity index (χ2v) is 9.27. The molecule has 0 saturated heterocycles. The number of rotatable bonds is 5. The van der Waals surface area contributed by atoms with Gasteiger partial charge in [-0.15, -0.1) is 5.10 Å². The van der Waals surface area contributed by atoms with Crippen LogP contribution in [0.3, 0.4) is 0 Å². The summed E-state index contributed by atoms with van der Waals surface area (Å²) in [5, 5.41) is 4.40. The highest BCUT2D eigenvalue weighted by Gasteiger charge is 2.29. The average Bonchev–Trinajstić information content (AvgIpc) is 3.27. The van der Waals surface area contributed by atoms with Crippen molar-refractivity contribution in [3.63, 3.8) is 0 Å². The normalized spacial score (nSPS) is 13.9. The second kappa shape index (κ2) is 8.50. The zero-order valence-electron chi connectivity index (χ0n) is 17.8. The lowest BCUT2D eigenvalue weighted by molar-refractivity contribution is -0.137. The van der Waals surface area contributed by atoms with Crippen LogP contribution in [0.1, 0.15) is 54.8 Å². The Morgan fingerprint density at radius 2 is 1.69 bits per heavy atom. The summed E-state index contributed by atoms with van der Waals surface area (Å²) in [6.07, 6.45) is -1.82. The fourth-order valence-corrected chi connectivity index (χ4v) is 4.43. The van der Waals surface area contributed by atoms with Gasteiger partial charge in [-0.1, -0.05) is 68.5 Å². The standard InChI is InChI=1S/C24H22F3N3OS/c1-14(2)12-16-4-8-18(9-5-16)15(3)21-28-23-30(29-21)22(31)20(32-23)13-17-6-10-19(11-7-17)24(25,26)27/h4-11,13-15H,12H2,1-3H3/b20-13-. The van der Waals surface area contributed by atoms with Gasteiger partial charge in [0.15, 0.2) is 5.82 Å². The third-order valence-corrected chi connectivity index (χ3v) is 6.20. The molecule has 0 amide bonds. The third kappa shape index (κ3) is 4.60. The van der Waals surface area contributed by atoms with Crippen LogP contribution in [0, 0.1) is 5.92 Å². The van der Waals surface area contributed by atoms with E-state index in [1.807, 2.05) is 6.92 Å². The maximum atomic E-state index is 12.7. The third-order valence-electron chi connectivity index (χ3n) is 5.24. The molecule has 0 radical (unpaired) electrons. The van der Waals surface area contributed by atoms with Crippen LogP contribution in [0.5, 0.6) is 0 Å². The Morgan fingerprint density at radius 3 is 2.25 bits per heavy atom. The van der Waals surface area contributed by atoms with Crippen LogP contribution in [0.25, 0.3) is 11.0 Å². The topological polar surface area (TPSA) is 47.3 Å². The summed E-state index contributed by atoms with van der Waals surface area (Å²) in [7, 11) is 0. The van der Waals surface area contributed by atoms with Gasteiger partial charge in [-0.25, -0.2) is 4.98 Å². The Kier molecular flexibility index (Phi) is 5.90. The van der Waals surface area contributed by atoms with Crippen LogP contribution in [0.4, 0.5) is 13.2 Å². The number of aromatic nitrogens is 3. The Labute approximate surface area is 187 Å². The van der Waals surface area contributed by atoms with Crippen molar-refractivity contribution in [3.8, 4) is 0 Å². The Hall–Kier alpha value is -3.00. The maximum Gasteiger partial charge on any atom is 0.416 e. The number of halogens is 3. The zero-order valence-corrected chi connectivity index (χ0v) is 18.7. The monoisotopic (exact) mass is 457 g/mol. The van der Waals surface area contributed by atoms with Gasteiger partial charge in [-0.3, -0.25) is 4.79 Å². The molecule has 0 aliphatic rings. The molecule has 0 bridgehead atoms. The summed E-state index contributed by atoms with van der Waals surface area (Å²) in [6.45, 7) is 6.36. The lowest BCUT2D eigenvalue weighted by atomic mass is 9.96. The predicted octanol–water partition coefficient (Wildman–Crippen LogP) is 5.07. The molecule has 0 saturated carbocycles. The van der Waals surface area contributed by atoms with Gasteiger partial charge in [0, 0.05) is 5.92 Å². The van der Waals surface area contributed by atoms with Crippen molar-refractivity contribution in [2.75, 3.05) is 0 Å². The number of hydrogen-bond donors (Lipinski definition) is 0. The molecule has 8 heteroatoms. The molecule has 4 nitrogen and oxygen atoms in total. The summed E-state index contributed by atoms with van der Waals surface area (Å²) >= 11 is 1.17. The minimum atomic E-state index is -4.39. The van der Waals surface area contributed by atoms with Gasteiger partial charge in [-0.2, -0.15) is 17.7 Å². The van der Waals surface area contributed by atoms with Crippen LogP contribution in [0.15, 0.2) is 53.3 Å². The largest absolute Gasteiger partial charge is 0.416 e. The van der Waals surface area contributed by atoms with E-state index in [0.29, 0.717) is 26.8 Å². The molecule has 0 fully saturated rings. The molecule has 32 heavy (non-hydrogen) atoms. The molecule has 0 aliphatic carbocycles. The first-order valence-electron chi connectivity index (χ1n) is 10.3. The summed E-state index contributed by atoms with van der Waals surface area (Å²) < 4.78 is 39.8. The SMILES string of the molecule is CC(C)Cc1ccc(C(C)c2nc3s/c(=C\c4ccc(C(F)(F)F)cc4)c(=O)n3n2)cc1. The minimum Gasteiger partial charge on any atom is -0.266 e. The van der Waals surface area contributed by atoms with E-state index in [0.717, 1.165) is 24.1 Å². The summed E-state index contributed by atoms with van der Waals surface area (Å²) in [6, 6.07) is 13.0. The molecule has 4 rings (SSSR count). The first-order valence-corrected chi connectivity index (χ1v) is 11.1. The van der Waals surface area contributed by atoms with E-state index in [1.54, 1.807) is 6.08 Å². The fraction of sp³-hybridized carbons (Fsp3) is 0.292. The number of hydrogen-bond acceptors (Lipinski definition) is 4. The summed E-state index contributed by atoms with van der Waals surface area (Å²) in [4.78, 5) is 17.7. The van der Waals surface area contributed by atoms with Gasteiger partial charge in [0.05, 0.1) is 10.1 Å². The summed E-state index contributed by atoms with van der Waals surface area (Å²) in [5.74, 6) is 1.08. The van der Waals surface area contributed by atoms with E-state index in [2.05, 4.69) is 48.2 Å². The van der Waals surface area contributed by atoms with E-state index in [9.17, 15) is 18.0 Å². The molecular formula is C24H22F3N3OS. The van der Waals surface area contributed by atoms with E-state index in [-0.39, 0.29) is 11.5 Å². The highest BCUT2D eigenvalue weighted by Crippen LogP contribution is 2.29. The summed E-state index contributed by atoms with van der Waals surface area (Å²) in [5.41, 5.74) is 1.80. The van der Waals surface area contributed by atoms with Gasteiger partial charge in [0.2, 0.25) is 4.96 Å². The number of fused-ring (bicyclic) bond motifs is 1. The highest BCUT2D eigenvalue weighted by molar-refractivity contribution is 7.15. The molecule has 4 aromatic rings. The molecule has 2 aromatic carbocycles. The molecule has 1 unspecified atom stereocenters. The van der Waals surface area contributed by atoms with Crippen molar-refractivity contribution < 1.29 is 13.2 Å². The van der Waals surface area contributed by atoms with Crippen LogP contribution >= 0.6 is 11.3 Å². The van der Waals surface area contributed by atoms with E-state index in [1.165, 1.54) is 33.5 Å². The van der Waals surface area contributed by atoms with Crippen molar-refractivity contribution in [3.05, 3.63) is 91.5 Å². The van der Waals surface area contributed by atoms with E-state index in [4.69, 9.17) is 0 Å². The quantitative estimate of drug-likeness (QED) is 0.421. The minimum absolute atomic E-state index is 0.0723. The van der Waals surface area contributed by atoms with Gasteiger partial charge in [0.1, 0.15) is 0 Å². The molecular weight excluding hydrogens is 435 g/mol. The Bertz CT molecular complexity index is 1340. The lowest BCUT2D eigenvalue weighted by Crippen LogP contribution is -2.24. The number of nitrogens with zero attached hydrogens (tertiary/aromatic N) is 3. The van der Waals surface area contributed by atoms with Crippen molar-refractivity contribution in [1.29, 1.82) is 0 Å². The molecule has 0 aliphatic heterocycles. The van der Waals surface area contributed by atoms with Gasteiger partial charge in [0.25, 0.3) is 5.56 Å². The molecule has 2 aromatic heterocycles. The van der Waals surface area contributed by atoms with Gasteiger partial charge < -0.3 is 0 Å². The van der Waals surface area contributed by atoms with Crippen LogP contribution < -0.4 is 10.1 Å². The number of alkyl halides is 3. The lowest BCUT2D eigenvalue weighted by Gasteiger charge is -2.10. The first kappa shape index (κ1) is 22.2. The van der Waals surface area contributed by atoms with Crippen molar-refractivity contribution in [2.45, 2.75) is 39.3 Å². The Morgan fingerprint density at radius 1 is 1.03 bits per heavy atom. The second-order valence-electron chi connectivity index (χ2n) is 8.26. The van der Waals surface area contributed by atoms with Crippen molar-refractivity contribution in [1.82, 2.24) is 14.6 Å².